The van der Waals surface area contributed by atoms with Gasteiger partial charge >= 0.3 is 0 Å². The smallest absolute Gasteiger partial charge is 0.0446 e. The predicted molar refractivity (Wildman–Crippen MR) is 45.3 cm³/mol. The highest BCUT2D eigenvalue weighted by Crippen LogP contribution is 2.10. The first-order valence-electron chi connectivity index (χ1n) is 4.44. The van der Waals surface area contributed by atoms with Crippen molar-refractivity contribution >= 4 is 0 Å². The normalized spacial score (nSPS) is 28.4. The third-order valence-electron chi connectivity index (χ3n) is 2.33. The van der Waals surface area contributed by atoms with Gasteiger partial charge in [0.15, 0.2) is 0 Å². The number of hydrogen-bond donors (Lipinski definition) is 3. The van der Waals surface area contributed by atoms with E-state index in [1.165, 1.54) is 19.3 Å². The van der Waals surface area contributed by atoms with E-state index < -0.39 is 0 Å². The summed E-state index contributed by atoms with van der Waals surface area (Å²) in [6.45, 7) is 1.29. The molecular formula is C8H18N2O. The SMILES string of the molecule is N[C@@H](CCO)[C@H]1CCCCN1. The fourth-order valence-corrected chi connectivity index (χ4v) is 1.59. The highest BCUT2D eigenvalue weighted by molar-refractivity contribution is 4.81. The summed E-state index contributed by atoms with van der Waals surface area (Å²) in [7, 11) is 0. The minimum Gasteiger partial charge on any atom is -0.396 e. The minimum absolute atomic E-state index is 0.139. The van der Waals surface area contributed by atoms with Crippen molar-refractivity contribution < 1.29 is 5.11 Å². The van der Waals surface area contributed by atoms with Crippen LogP contribution in [0.25, 0.3) is 0 Å². The predicted octanol–water partition coefficient (Wildman–Crippen LogP) is -0.162. The summed E-state index contributed by atoms with van der Waals surface area (Å²) in [5.74, 6) is 0. The number of rotatable bonds is 3. The molecule has 2 atom stereocenters. The Morgan fingerprint density at radius 3 is 2.91 bits per heavy atom. The second kappa shape index (κ2) is 4.70. The van der Waals surface area contributed by atoms with E-state index in [1.54, 1.807) is 0 Å². The zero-order chi connectivity index (χ0) is 8.10. The second-order valence-electron chi connectivity index (χ2n) is 3.23. The van der Waals surface area contributed by atoms with Crippen LogP contribution in [0.15, 0.2) is 0 Å². The van der Waals surface area contributed by atoms with E-state index >= 15 is 0 Å². The van der Waals surface area contributed by atoms with Crippen molar-refractivity contribution in [2.75, 3.05) is 13.2 Å². The van der Waals surface area contributed by atoms with Crippen LogP contribution in [0, 0.1) is 0 Å². The summed E-state index contributed by atoms with van der Waals surface area (Å²) in [6, 6.07) is 0.580. The van der Waals surface area contributed by atoms with Crippen molar-refractivity contribution in [2.24, 2.45) is 5.73 Å². The Morgan fingerprint density at radius 2 is 2.36 bits per heavy atom. The van der Waals surface area contributed by atoms with Gasteiger partial charge < -0.3 is 16.2 Å². The van der Waals surface area contributed by atoms with Crippen molar-refractivity contribution in [2.45, 2.75) is 37.8 Å². The van der Waals surface area contributed by atoms with Crippen molar-refractivity contribution in [1.82, 2.24) is 5.32 Å². The fourth-order valence-electron chi connectivity index (χ4n) is 1.59. The molecule has 0 aromatic carbocycles. The number of nitrogens with one attached hydrogen (secondary N) is 1. The molecule has 1 aliphatic rings. The van der Waals surface area contributed by atoms with E-state index in [2.05, 4.69) is 5.32 Å². The highest BCUT2D eigenvalue weighted by Gasteiger charge is 2.18. The summed E-state index contributed by atoms with van der Waals surface area (Å²) in [5, 5.41) is 12.0. The maximum Gasteiger partial charge on any atom is 0.0446 e. The summed E-state index contributed by atoms with van der Waals surface area (Å²) in [6.07, 6.45) is 4.43. The lowest BCUT2D eigenvalue weighted by Crippen LogP contribution is -2.47. The van der Waals surface area contributed by atoms with E-state index in [9.17, 15) is 0 Å². The molecule has 0 aromatic rings. The van der Waals surface area contributed by atoms with E-state index in [1.807, 2.05) is 0 Å². The average Bonchev–Trinajstić information content (AvgIpc) is 2.07. The number of nitrogens with two attached hydrogens (primary N) is 1. The van der Waals surface area contributed by atoms with Crippen LogP contribution in [0.2, 0.25) is 0 Å². The van der Waals surface area contributed by atoms with Crippen LogP contribution in [-0.2, 0) is 0 Å². The first kappa shape index (κ1) is 8.97. The molecule has 11 heavy (non-hydrogen) atoms. The zero-order valence-electron chi connectivity index (χ0n) is 6.92. The molecule has 0 unspecified atom stereocenters. The third kappa shape index (κ3) is 2.77. The van der Waals surface area contributed by atoms with Crippen LogP contribution in [0.3, 0.4) is 0 Å². The average molecular weight is 158 g/mol. The van der Waals surface area contributed by atoms with E-state index in [-0.39, 0.29) is 12.6 Å². The molecule has 0 spiro atoms. The Morgan fingerprint density at radius 1 is 1.55 bits per heavy atom. The number of aliphatic hydroxyl groups excluding tert-OH is 1. The number of piperidine rings is 1. The Bertz CT molecular complexity index is 102. The molecule has 0 bridgehead atoms. The largest absolute Gasteiger partial charge is 0.396 e. The first-order chi connectivity index (χ1) is 5.34. The Kier molecular flexibility index (Phi) is 3.83. The molecule has 4 N–H and O–H groups in total. The molecule has 1 saturated heterocycles. The van der Waals surface area contributed by atoms with Gasteiger partial charge in [-0.2, -0.15) is 0 Å². The maximum atomic E-state index is 8.66. The van der Waals surface area contributed by atoms with Gasteiger partial charge in [0.2, 0.25) is 0 Å². The van der Waals surface area contributed by atoms with Crippen LogP contribution in [-0.4, -0.2) is 30.3 Å². The minimum atomic E-state index is 0.139. The van der Waals surface area contributed by atoms with Crippen molar-refractivity contribution in [3.63, 3.8) is 0 Å². The highest BCUT2D eigenvalue weighted by atomic mass is 16.3. The molecule has 66 valence electrons. The lowest BCUT2D eigenvalue weighted by Gasteiger charge is -2.28. The molecule has 0 aromatic heterocycles. The van der Waals surface area contributed by atoms with Crippen molar-refractivity contribution in [3.05, 3.63) is 0 Å². The molecule has 1 rings (SSSR count). The molecule has 0 aliphatic carbocycles. The van der Waals surface area contributed by atoms with Crippen LogP contribution < -0.4 is 11.1 Å². The van der Waals surface area contributed by atoms with Gasteiger partial charge in [-0.25, -0.2) is 0 Å². The number of aliphatic hydroxyl groups is 1. The fraction of sp³-hybridized carbons (Fsp3) is 1.00. The molecule has 1 heterocycles. The lowest BCUT2D eigenvalue weighted by molar-refractivity contribution is 0.248. The summed E-state index contributed by atoms with van der Waals surface area (Å²) in [4.78, 5) is 0. The number of hydrogen-bond acceptors (Lipinski definition) is 3. The molecule has 1 aliphatic heterocycles. The Labute approximate surface area is 68.0 Å². The molecular weight excluding hydrogens is 140 g/mol. The molecule has 0 amide bonds. The van der Waals surface area contributed by atoms with Gasteiger partial charge in [0, 0.05) is 18.7 Å². The van der Waals surface area contributed by atoms with Gasteiger partial charge in [0.25, 0.3) is 0 Å². The molecule has 3 nitrogen and oxygen atoms in total. The third-order valence-corrected chi connectivity index (χ3v) is 2.33. The van der Waals surface area contributed by atoms with Crippen molar-refractivity contribution in [3.8, 4) is 0 Å². The summed E-state index contributed by atoms with van der Waals surface area (Å²) < 4.78 is 0. The molecule has 3 heteroatoms. The lowest BCUT2D eigenvalue weighted by atomic mass is 9.97. The second-order valence-corrected chi connectivity index (χ2v) is 3.23. The molecule has 0 radical (unpaired) electrons. The van der Waals surface area contributed by atoms with Crippen LogP contribution >= 0.6 is 0 Å². The Balaban J connectivity index is 2.21. The van der Waals surface area contributed by atoms with Crippen molar-refractivity contribution in [1.29, 1.82) is 0 Å². The van der Waals surface area contributed by atoms with Crippen LogP contribution in [0.4, 0.5) is 0 Å². The van der Waals surface area contributed by atoms with Crippen LogP contribution in [0.5, 0.6) is 0 Å². The monoisotopic (exact) mass is 158 g/mol. The summed E-state index contributed by atoms with van der Waals surface area (Å²) in [5.41, 5.74) is 5.84. The first-order valence-corrected chi connectivity index (χ1v) is 4.44. The molecule has 1 fully saturated rings. The van der Waals surface area contributed by atoms with Gasteiger partial charge in [-0.3, -0.25) is 0 Å². The standard InChI is InChI=1S/C8H18N2O/c9-7(4-6-11)8-3-1-2-5-10-8/h7-8,10-11H,1-6,9H2/t7-,8+/m0/s1. The topological polar surface area (TPSA) is 58.3 Å². The van der Waals surface area contributed by atoms with Gasteiger partial charge in [-0.1, -0.05) is 6.42 Å². The van der Waals surface area contributed by atoms with E-state index in [0.29, 0.717) is 6.04 Å². The van der Waals surface area contributed by atoms with Crippen LogP contribution in [0.1, 0.15) is 25.7 Å². The molecule has 0 saturated carbocycles. The zero-order valence-corrected chi connectivity index (χ0v) is 6.92. The van der Waals surface area contributed by atoms with E-state index in [0.717, 1.165) is 13.0 Å². The van der Waals surface area contributed by atoms with Gasteiger partial charge in [-0.15, -0.1) is 0 Å². The van der Waals surface area contributed by atoms with Gasteiger partial charge in [0.1, 0.15) is 0 Å². The van der Waals surface area contributed by atoms with Gasteiger partial charge in [0.05, 0.1) is 0 Å². The quantitative estimate of drug-likeness (QED) is 0.535. The maximum absolute atomic E-state index is 8.66. The van der Waals surface area contributed by atoms with E-state index in [4.69, 9.17) is 10.8 Å². The summed E-state index contributed by atoms with van der Waals surface area (Å²) >= 11 is 0. The van der Waals surface area contributed by atoms with Gasteiger partial charge in [-0.05, 0) is 25.8 Å². The Hall–Kier alpha value is -0.120.